The number of hydrazone groups is 1. The zero-order valence-corrected chi connectivity index (χ0v) is 20.0. The van der Waals surface area contributed by atoms with Gasteiger partial charge in [0.25, 0.3) is 11.8 Å². The molecule has 3 aromatic carbocycles. The molecule has 0 aliphatic carbocycles. The molecular weight excluding hydrogens is 582 g/mol. The number of hydrogen-bond acceptors (Lipinski definition) is 4. The molecule has 3 N–H and O–H groups in total. The largest absolute Gasteiger partial charge is 0.506 e. The number of nitrogens with zero attached hydrogens (tertiary/aromatic N) is 1. The van der Waals surface area contributed by atoms with Gasteiger partial charge in [0.05, 0.1) is 15.2 Å². The molecule has 0 saturated carbocycles. The van der Waals surface area contributed by atoms with E-state index in [0.717, 1.165) is 4.47 Å². The molecule has 30 heavy (non-hydrogen) atoms. The summed E-state index contributed by atoms with van der Waals surface area (Å²) in [5.74, 6) is -0.548. The minimum Gasteiger partial charge on any atom is -0.506 e. The highest BCUT2D eigenvalue weighted by Crippen LogP contribution is 2.32. The van der Waals surface area contributed by atoms with Crippen LogP contribution < -0.4 is 10.7 Å². The van der Waals surface area contributed by atoms with E-state index in [0.29, 0.717) is 31.3 Å². The van der Waals surface area contributed by atoms with E-state index in [9.17, 15) is 14.7 Å². The average Bonchev–Trinajstić information content (AvgIpc) is 2.73. The second-order valence-electron chi connectivity index (χ2n) is 6.07. The van der Waals surface area contributed by atoms with Crippen molar-refractivity contribution in [1.29, 1.82) is 0 Å². The van der Waals surface area contributed by atoms with Crippen LogP contribution in [0.5, 0.6) is 5.75 Å². The summed E-state index contributed by atoms with van der Waals surface area (Å²) in [6.45, 7) is 0. The lowest BCUT2D eigenvalue weighted by molar-refractivity contribution is 0.0954. The Morgan fingerprint density at radius 1 is 0.833 bits per heavy atom. The highest BCUT2D eigenvalue weighted by molar-refractivity contribution is 9.11. The fourth-order valence-corrected chi connectivity index (χ4v) is 3.89. The van der Waals surface area contributed by atoms with Gasteiger partial charge in [0, 0.05) is 21.3 Å². The number of phenolic OH excluding ortho intramolecular Hbond substituents is 1. The molecular formula is C21H14Br3N3O3. The number of phenols is 1. The fraction of sp³-hybridized carbons (Fsp3) is 0. The third-order valence-corrected chi connectivity index (χ3v) is 5.67. The minimum absolute atomic E-state index is 0.0866. The first kappa shape index (κ1) is 22.2. The quantitative estimate of drug-likeness (QED) is 0.261. The molecule has 0 saturated heterocycles. The van der Waals surface area contributed by atoms with Crippen LogP contribution in [0, 0.1) is 0 Å². The molecule has 6 nitrogen and oxygen atoms in total. The van der Waals surface area contributed by atoms with E-state index >= 15 is 0 Å². The van der Waals surface area contributed by atoms with Crippen molar-refractivity contribution in [3.05, 3.63) is 90.8 Å². The van der Waals surface area contributed by atoms with Crippen molar-refractivity contribution in [2.45, 2.75) is 0 Å². The molecule has 9 heteroatoms. The van der Waals surface area contributed by atoms with Crippen LogP contribution in [-0.4, -0.2) is 23.1 Å². The first-order valence-electron chi connectivity index (χ1n) is 8.52. The standard InChI is InChI=1S/C21H14Br3N3O3/c22-15-5-1-13(2-6-15)20(29)26-16-7-3-14(4-8-16)21(30)27-25-11-12-9-17(23)19(28)18(24)10-12/h1-11,28H,(H,26,29)(H,27,30)/b25-11-. The molecule has 0 aliphatic heterocycles. The summed E-state index contributed by atoms with van der Waals surface area (Å²) >= 11 is 9.80. The predicted molar refractivity (Wildman–Crippen MR) is 127 cm³/mol. The van der Waals surface area contributed by atoms with Gasteiger partial charge < -0.3 is 10.4 Å². The molecule has 0 aliphatic rings. The maximum absolute atomic E-state index is 12.2. The number of carbonyl (C=O) groups is 2. The highest BCUT2D eigenvalue weighted by Gasteiger charge is 2.08. The second kappa shape index (κ2) is 10.0. The summed E-state index contributed by atoms with van der Waals surface area (Å²) in [6, 6.07) is 16.8. The Morgan fingerprint density at radius 3 is 1.97 bits per heavy atom. The van der Waals surface area contributed by atoms with Crippen molar-refractivity contribution < 1.29 is 14.7 Å². The van der Waals surface area contributed by atoms with Gasteiger partial charge in [-0.2, -0.15) is 5.10 Å². The summed E-state index contributed by atoms with van der Waals surface area (Å²) in [5.41, 5.74) is 4.61. The average molecular weight is 596 g/mol. The Bertz CT molecular complexity index is 1090. The molecule has 0 unspecified atom stereocenters. The molecule has 2 amide bonds. The number of amides is 2. The van der Waals surface area contributed by atoms with Gasteiger partial charge in [0.15, 0.2) is 0 Å². The normalized spacial score (nSPS) is 10.8. The monoisotopic (exact) mass is 593 g/mol. The molecule has 3 rings (SSSR count). The van der Waals surface area contributed by atoms with Gasteiger partial charge in [0.1, 0.15) is 5.75 Å². The number of halogens is 3. The van der Waals surface area contributed by atoms with E-state index in [1.165, 1.54) is 6.21 Å². The summed E-state index contributed by atoms with van der Waals surface area (Å²) < 4.78 is 1.90. The van der Waals surface area contributed by atoms with Gasteiger partial charge in [-0.05, 0) is 98.1 Å². The topological polar surface area (TPSA) is 90.8 Å². The van der Waals surface area contributed by atoms with Crippen molar-refractivity contribution in [1.82, 2.24) is 5.43 Å². The molecule has 0 fully saturated rings. The SMILES string of the molecule is O=C(N/N=C\c1cc(Br)c(O)c(Br)c1)c1ccc(NC(=O)c2ccc(Br)cc2)cc1. The second-order valence-corrected chi connectivity index (χ2v) is 8.70. The Morgan fingerprint density at radius 2 is 1.37 bits per heavy atom. The predicted octanol–water partition coefficient (Wildman–Crippen LogP) is 5.70. The summed E-state index contributed by atoms with van der Waals surface area (Å²) in [4.78, 5) is 24.5. The fourth-order valence-electron chi connectivity index (χ4n) is 2.40. The lowest BCUT2D eigenvalue weighted by Crippen LogP contribution is -2.17. The molecule has 3 aromatic rings. The van der Waals surface area contributed by atoms with E-state index in [1.807, 2.05) is 0 Å². The molecule has 0 atom stereocenters. The van der Waals surface area contributed by atoms with E-state index in [4.69, 9.17) is 0 Å². The molecule has 0 bridgehead atoms. The van der Waals surface area contributed by atoms with Gasteiger partial charge in [0.2, 0.25) is 0 Å². The van der Waals surface area contributed by atoms with Gasteiger partial charge in [-0.25, -0.2) is 5.43 Å². The Balaban J connectivity index is 1.59. The third-order valence-electron chi connectivity index (χ3n) is 3.93. The van der Waals surface area contributed by atoms with Crippen LogP contribution in [0.25, 0.3) is 0 Å². The number of benzene rings is 3. The van der Waals surface area contributed by atoms with Crippen molar-refractivity contribution in [3.8, 4) is 5.75 Å². The van der Waals surface area contributed by atoms with Crippen LogP contribution in [0.1, 0.15) is 26.3 Å². The Labute approximate surface area is 197 Å². The minimum atomic E-state index is -0.394. The summed E-state index contributed by atoms with van der Waals surface area (Å²) in [5, 5.41) is 16.4. The molecule has 0 spiro atoms. The zero-order valence-electron chi connectivity index (χ0n) is 15.2. The van der Waals surface area contributed by atoms with E-state index in [-0.39, 0.29) is 11.7 Å². The maximum atomic E-state index is 12.2. The van der Waals surface area contributed by atoms with Crippen LogP contribution in [0.2, 0.25) is 0 Å². The number of carbonyl (C=O) groups excluding carboxylic acids is 2. The van der Waals surface area contributed by atoms with Crippen molar-refractivity contribution in [3.63, 3.8) is 0 Å². The number of nitrogens with one attached hydrogen (secondary N) is 2. The lowest BCUT2D eigenvalue weighted by Gasteiger charge is -2.06. The van der Waals surface area contributed by atoms with Crippen LogP contribution in [0.3, 0.4) is 0 Å². The van der Waals surface area contributed by atoms with Gasteiger partial charge >= 0.3 is 0 Å². The first-order valence-corrected chi connectivity index (χ1v) is 10.9. The summed E-state index contributed by atoms with van der Waals surface area (Å²) in [6.07, 6.45) is 1.46. The molecule has 0 heterocycles. The number of rotatable bonds is 5. The van der Waals surface area contributed by atoms with Gasteiger partial charge in [-0.1, -0.05) is 15.9 Å². The Hall–Kier alpha value is -2.49. The number of anilines is 1. The van der Waals surface area contributed by atoms with Crippen molar-refractivity contribution in [2.75, 3.05) is 5.32 Å². The van der Waals surface area contributed by atoms with E-state index in [2.05, 4.69) is 63.6 Å². The van der Waals surface area contributed by atoms with Crippen LogP contribution in [0.15, 0.2) is 79.2 Å². The van der Waals surface area contributed by atoms with E-state index in [1.54, 1.807) is 60.7 Å². The summed E-state index contributed by atoms with van der Waals surface area (Å²) in [7, 11) is 0. The van der Waals surface area contributed by atoms with Gasteiger partial charge in [-0.15, -0.1) is 0 Å². The van der Waals surface area contributed by atoms with Crippen LogP contribution in [-0.2, 0) is 0 Å². The first-order chi connectivity index (χ1) is 14.3. The highest BCUT2D eigenvalue weighted by atomic mass is 79.9. The van der Waals surface area contributed by atoms with Crippen molar-refractivity contribution in [2.24, 2.45) is 5.10 Å². The molecule has 0 radical (unpaired) electrons. The zero-order chi connectivity index (χ0) is 21.7. The van der Waals surface area contributed by atoms with Crippen LogP contribution >= 0.6 is 47.8 Å². The number of aromatic hydroxyl groups is 1. The van der Waals surface area contributed by atoms with Gasteiger partial charge in [-0.3, -0.25) is 9.59 Å². The lowest BCUT2D eigenvalue weighted by atomic mass is 10.1. The molecule has 0 aromatic heterocycles. The number of hydrogen-bond donors (Lipinski definition) is 3. The van der Waals surface area contributed by atoms with E-state index < -0.39 is 5.91 Å². The Kier molecular flexibility index (Phi) is 7.41. The third kappa shape index (κ3) is 5.78. The van der Waals surface area contributed by atoms with Crippen LogP contribution in [0.4, 0.5) is 5.69 Å². The molecule has 152 valence electrons. The smallest absolute Gasteiger partial charge is 0.271 e. The van der Waals surface area contributed by atoms with Crippen molar-refractivity contribution >= 4 is 71.5 Å². The maximum Gasteiger partial charge on any atom is 0.271 e.